The minimum absolute atomic E-state index is 0.0255. The molecular formula is C37H35N3O5. The smallest absolute Gasteiger partial charge is 0.264 e. The molecule has 4 atom stereocenters. The molecule has 2 fully saturated rings. The first-order valence-electron chi connectivity index (χ1n) is 15.9. The normalized spacial score (nSPS) is 25.3. The molecule has 2 saturated heterocycles. The maximum atomic E-state index is 14.5. The first-order valence-corrected chi connectivity index (χ1v) is 15.9. The molecule has 0 aliphatic carbocycles. The second kappa shape index (κ2) is 10.5. The summed E-state index contributed by atoms with van der Waals surface area (Å²) in [6.07, 6.45) is 2.09. The van der Waals surface area contributed by atoms with Crippen molar-refractivity contribution in [2.75, 3.05) is 23.0 Å². The van der Waals surface area contributed by atoms with Crippen molar-refractivity contribution in [2.24, 2.45) is 5.92 Å². The number of amides is 3. The average Bonchev–Trinajstić information content (AvgIpc) is 3.79. The summed E-state index contributed by atoms with van der Waals surface area (Å²) in [6, 6.07) is 27.2. The minimum Gasteiger partial charge on any atom is -0.394 e. The van der Waals surface area contributed by atoms with Crippen LogP contribution in [0.3, 0.4) is 0 Å². The number of nitrogens with zero attached hydrogens (tertiary/aromatic N) is 3. The van der Waals surface area contributed by atoms with E-state index < -0.39 is 11.7 Å². The van der Waals surface area contributed by atoms with E-state index in [0.717, 1.165) is 51.8 Å². The summed E-state index contributed by atoms with van der Waals surface area (Å²) in [5.74, 6) is -0.342. The van der Waals surface area contributed by atoms with Gasteiger partial charge in [-0.15, -0.1) is 0 Å². The number of fused-ring (bicyclic) bond motifs is 2. The number of anilines is 3. The molecule has 4 aliphatic rings. The predicted octanol–water partition coefficient (Wildman–Crippen LogP) is 5.67. The maximum absolute atomic E-state index is 14.5. The van der Waals surface area contributed by atoms with Crippen LogP contribution in [0.25, 0.3) is 10.8 Å². The van der Waals surface area contributed by atoms with E-state index in [1.807, 2.05) is 91.9 Å². The van der Waals surface area contributed by atoms with Crippen LogP contribution in [-0.4, -0.2) is 53.0 Å². The summed E-state index contributed by atoms with van der Waals surface area (Å²) in [5, 5.41) is 11.7. The van der Waals surface area contributed by atoms with Crippen molar-refractivity contribution in [1.82, 2.24) is 4.90 Å². The van der Waals surface area contributed by atoms with Crippen molar-refractivity contribution >= 4 is 45.6 Å². The first kappa shape index (κ1) is 28.0. The highest BCUT2D eigenvalue weighted by atomic mass is 16.5. The van der Waals surface area contributed by atoms with Crippen molar-refractivity contribution in [3.05, 3.63) is 102 Å². The van der Waals surface area contributed by atoms with Crippen LogP contribution in [0.2, 0.25) is 0 Å². The fourth-order valence-electron chi connectivity index (χ4n) is 8.12. The Hall–Kier alpha value is -4.53. The van der Waals surface area contributed by atoms with E-state index in [9.17, 15) is 19.5 Å². The Bertz CT molecular complexity index is 1870. The molecule has 1 spiro atoms. The van der Waals surface area contributed by atoms with Gasteiger partial charge in [0.2, 0.25) is 5.91 Å². The van der Waals surface area contributed by atoms with Gasteiger partial charge in [0.15, 0.2) is 5.60 Å². The number of rotatable bonds is 6. The quantitative estimate of drug-likeness (QED) is 0.308. The fourth-order valence-corrected chi connectivity index (χ4v) is 8.12. The van der Waals surface area contributed by atoms with Crippen molar-refractivity contribution < 1.29 is 24.2 Å². The van der Waals surface area contributed by atoms with Crippen LogP contribution in [0, 0.1) is 5.92 Å². The molecule has 8 nitrogen and oxygen atoms in total. The van der Waals surface area contributed by atoms with Crippen LogP contribution >= 0.6 is 0 Å². The van der Waals surface area contributed by atoms with E-state index in [-0.39, 0.29) is 42.7 Å². The molecule has 0 radical (unpaired) electrons. The Kier molecular flexibility index (Phi) is 6.55. The number of hydrogen-bond acceptors (Lipinski definition) is 5. The zero-order chi connectivity index (χ0) is 30.9. The number of hydrogen-bond donors (Lipinski definition) is 1. The number of carbonyl (C=O) groups is 3. The summed E-state index contributed by atoms with van der Waals surface area (Å²) in [7, 11) is 0. The Morgan fingerprint density at radius 1 is 0.978 bits per heavy atom. The number of para-hydroxylation sites is 1. The standard InChI is InChI=1S/C37H35N3O5/c1-23-18-28(20-33(42)38-17-7-12-27(38)22-41)45-37(23)30-14-2-3-15-31(30)39(36(37)44)21-24-8-4-11-26(19-24)40-32-16-6-10-25-9-5-13-29(34(25)32)35(40)43/h2-6,8-11,13-16,19,23,27-28,41H,7,12,17-18,20-22H2,1H3/t23-,27-,28-,37+/m0/s1. The van der Waals surface area contributed by atoms with Gasteiger partial charge in [-0.25, -0.2) is 0 Å². The van der Waals surface area contributed by atoms with Crippen LogP contribution in [0.1, 0.15) is 54.1 Å². The van der Waals surface area contributed by atoms with E-state index in [0.29, 0.717) is 25.1 Å². The van der Waals surface area contributed by atoms with E-state index in [1.165, 1.54) is 0 Å². The maximum Gasteiger partial charge on any atom is 0.264 e. The lowest BCUT2D eigenvalue weighted by Crippen LogP contribution is -2.44. The topological polar surface area (TPSA) is 90.4 Å². The summed E-state index contributed by atoms with van der Waals surface area (Å²) in [5.41, 5.74) is 3.67. The van der Waals surface area contributed by atoms with Crippen LogP contribution in [0.5, 0.6) is 0 Å². The number of aliphatic hydroxyl groups excluding tert-OH is 1. The molecule has 8 rings (SSSR count). The monoisotopic (exact) mass is 601 g/mol. The highest BCUT2D eigenvalue weighted by Crippen LogP contribution is 2.54. The third-order valence-corrected chi connectivity index (χ3v) is 10.2. The molecule has 45 heavy (non-hydrogen) atoms. The first-order chi connectivity index (χ1) is 21.9. The number of likely N-dealkylation sites (tertiary alicyclic amines) is 1. The van der Waals surface area contributed by atoms with Gasteiger partial charge in [0.1, 0.15) is 0 Å². The molecule has 0 bridgehead atoms. The molecule has 3 amide bonds. The van der Waals surface area contributed by atoms with Gasteiger partial charge in [0.25, 0.3) is 11.8 Å². The highest BCUT2D eigenvalue weighted by molar-refractivity contribution is 6.27. The molecule has 1 N–H and O–H groups in total. The molecule has 4 heterocycles. The molecule has 4 aromatic carbocycles. The fraction of sp³-hybridized carbons (Fsp3) is 0.324. The lowest BCUT2D eigenvalue weighted by atomic mass is 9.83. The van der Waals surface area contributed by atoms with Gasteiger partial charge < -0.3 is 19.6 Å². The summed E-state index contributed by atoms with van der Waals surface area (Å²) >= 11 is 0. The summed E-state index contributed by atoms with van der Waals surface area (Å²) in [4.78, 5) is 46.6. The SMILES string of the molecule is C[C@H]1C[C@@H](CC(=O)N2CCC[C@H]2CO)O[C@]12C(=O)N(Cc1cccc(N3C(=O)c4cccc5cccc3c45)c1)c1ccccc12. The van der Waals surface area contributed by atoms with Gasteiger partial charge in [0.05, 0.1) is 48.7 Å². The van der Waals surface area contributed by atoms with Crippen LogP contribution in [-0.2, 0) is 26.5 Å². The zero-order valence-electron chi connectivity index (χ0n) is 25.2. The lowest BCUT2D eigenvalue weighted by Gasteiger charge is -2.29. The summed E-state index contributed by atoms with van der Waals surface area (Å²) in [6.45, 7) is 2.97. The Labute approximate surface area is 261 Å². The van der Waals surface area contributed by atoms with Gasteiger partial charge in [-0.3, -0.25) is 19.3 Å². The second-order valence-electron chi connectivity index (χ2n) is 12.8. The van der Waals surface area contributed by atoms with Crippen LogP contribution in [0.15, 0.2) is 84.9 Å². The second-order valence-corrected chi connectivity index (χ2v) is 12.8. The Morgan fingerprint density at radius 2 is 1.76 bits per heavy atom. The molecule has 4 aliphatic heterocycles. The minimum atomic E-state index is -1.16. The zero-order valence-corrected chi connectivity index (χ0v) is 25.2. The lowest BCUT2D eigenvalue weighted by molar-refractivity contribution is -0.150. The van der Waals surface area contributed by atoms with Gasteiger partial charge >= 0.3 is 0 Å². The third-order valence-electron chi connectivity index (χ3n) is 10.2. The molecule has 228 valence electrons. The average molecular weight is 602 g/mol. The number of carbonyl (C=O) groups excluding carboxylic acids is 3. The molecule has 8 heteroatoms. The number of benzene rings is 4. The molecule has 0 saturated carbocycles. The van der Waals surface area contributed by atoms with Crippen molar-refractivity contribution in [1.29, 1.82) is 0 Å². The molecule has 0 unspecified atom stereocenters. The summed E-state index contributed by atoms with van der Waals surface area (Å²) < 4.78 is 6.66. The largest absolute Gasteiger partial charge is 0.394 e. The predicted molar refractivity (Wildman–Crippen MR) is 171 cm³/mol. The third kappa shape index (κ3) is 4.16. The Balaban J connectivity index is 1.07. The van der Waals surface area contributed by atoms with Crippen LogP contribution < -0.4 is 9.80 Å². The van der Waals surface area contributed by atoms with E-state index in [4.69, 9.17) is 4.74 Å². The number of ether oxygens (including phenoxy) is 1. The van der Waals surface area contributed by atoms with Gasteiger partial charge in [-0.2, -0.15) is 0 Å². The van der Waals surface area contributed by atoms with E-state index >= 15 is 0 Å². The molecule has 4 aromatic rings. The Morgan fingerprint density at radius 3 is 2.60 bits per heavy atom. The molecule has 0 aromatic heterocycles. The van der Waals surface area contributed by atoms with Crippen molar-refractivity contribution in [3.8, 4) is 0 Å². The van der Waals surface area contributed by atoms with Crippen LogP contribution in [0.4, 0.5) is 17.1 Å². The number of aliphatic hydroxyl groups is 1. The van der Waals surface area contributed by atoms with Crippen molar-refractivity contribution in [2.45, 2.75) is 56.9 Å². The van der Waals surface area contributed by atoms with Gasteiger partial charge in [-0.05, 0) is 60.5 Å². The van der Waals surface area contributed by atoms with Gasteiger partial charge in [-0.1, -0.05) is 61.5 Å². The van der Waals surface area contributed by atoms with Gasteiger partial charge in [0, 0.05) is 29.1 Å². The van der Waals surface area contributed by atoms with E-state index in [1.54, 1.807) is 14.7 Å². The van der Waals surface area contributed by atoms with E-state index in [2.05, 4.69) is 0 Å². The molecular weight excluding hydrogens is 566 g/mol. The highest BCUT2D eigenvalue weighted by Gasteiger charge is 2.60. The van der Waals surface area contributed by atoms with Crippen molar-refractivity contribution in [3.63, 3.8) is 0 Å².